The highest BCUT2D eigenvalue weighted by Gasteiger charge is 2.16. The van der Waals surface area contributed by atoms with Crippen molar-refractivity contribution in [2.45, 2.75) is 18.6 Å². The number of hydrogen-bond donors (Lipinski definition) is 1. The number of methoxy groups -OCH3 is 2. The summed E-state index contributed by atoms with van der Waals surface area (Å²) in [7, 11) is 3.01. The second-order valence-corrected chi connectivity index (χ2v) is 7.17. The molecule has 0 saturated carbocycles. The molecule has 1 aromatic carbocycles. The first-order valence-electron chi connectivity index (χ1n) is 8.75. The molecule has 0 aliphatic rings. The van der Waals surface area contributed by atoms with Gasteiger partial charge < -0.3 is 19.4 Å². The average Bonchev–Trinajstić information content (AvgIpc) is 3.16. The molecule has 0 unspecified atom stereocenters. The lowest BCUT2D eigenvalue weighted by Gasteiger charge is -2.13. The lowest BCUT2D eigenvalue weighted by atomic mass is 10.2. The summed E-state index contributed by atoms with van der Waals surface area (Å²) < 4.78 is 12.4. The largest absolute Gasteiger partial charge is 0.495 e. The second-order valence-electron chi connectivity index (χ2n) is 5.82. The van der Waals surface area contributed by atoms with Crippen LogP contribution in [0, 0.1) is 0 Å². The normalized spacial score (nSPS) is 10.6. The van der Waals surface area contributed by atoms with Gasteiger partial charge in [-0.2, -0.15) is 0 Å². The third-order valence-electron chi connectivity index (χ3n) is 4.03. The summed E-state index contributed by atoms with van der Waals surface area (Å²) >= 11 is 7.40. The van der Waals surface area contributed by atoms with E-state index in [1.165, 1.54) is 26.0 Å². The molecule has 1 N–H and O–H groups in total. The lowest BCUT2D eigenvalue weighted by molar-refractivity contribution is -0.113. The molecule has 0 atom stereocenters. The molecule has 0 aliphatic carbocycles. The van der Waals surface area contributed by atoms with Crippen molar-refractivity contribution in [3.8, 4) is 22.9 Å². The zero-order valence-electron chi connectivity index (χ0n) is 16.2. The number of amides is 1. The summed E-state index contributed by atoms with van der Waals surface area (Å²) in [6.07, 6.45) is 3.44. The molecule has 0 aliphatic heterocycles. The Morgan fingerprint density at radius 1 is 1.24 bits per heavy atom. The van der Waals surface area contributed by atoms with Crippen molar-refractivity contribution >= 4 is 35.0 Å². The van der Waals surface area contributed by atoms with Gasteiger partial charge in [0.25, 0.3) is 0 Å². The Morgan fingerprint density at radius 3 is 2.69 bits per heavy atom. The summed E-state index contributed by atoms with van der Waals surface area (Å²) in [6.45, 7) is 2.67. The maximum atomic E-state index is 12.5. The van der Waals surface area contributed by atoms with Gasteiger partial charge in [0.05, 0.1) is 30.7 Å². The Kier molecular flexibility index (Phi) is 6.95. The minimum atomic E-state index is -0.216. The van der Waals surface area contributed by atoms with Crippen LogP contribution in [0.5, 0.6) is 11.5 Å². The molecular weight excluding hydrogens is 414 g/mol. The predicted molar refractivity (Wildman–Crippen MR) is 113 cm³/mol. The minimum absolute atomic E-state index is 0.152. The van der Waals surface area contributed by atoms with Crippen LogP contribution in [0.25, 0.3) is 11.4 Å². The standard InChI is InChI=1S/C19H20ClN5O3S/c1-4-25-18(12-6-5-7-21-10-12)23-24-19(25)29-11-17(26)22-14-9-15(27-2)13(20)8-16(14)28-3/h5-10H,4,11H2,1-3H3,(H,22,26). The Bertz CT molecular complexity index is 997. The van der Waals surface area contributed by atoms with E-state index in [0.717, 1.165) is 5.56 Å². The van der Waals surface area contributed by atoms with Crippen molar-refractivity contribution in [1.82, 2.24) is 19.7 Å². The van der Waals surface area contributed by atoms with E-state index in [4.69, 9.17) is 21.1 Å². The summed E-state index contributed by atoms with van der Waals surface area (Å²) in [5.41, 5.74) is 1.35. The highest BCUT2D eigenvalue weighted by Crippen LogP contribution is 2.36. The van der Waals surface area contributed by atoms with Crippen LogP contribution < -0.4 is 14.8 Å². The number of pyridine rings is 1. The maximum Gasteiger partial charge on any atom is 0.234 e. The molecule has 10 heteroatoms. The molecule has 8 nitrogen and oxygen atoms in total. The van der Waals surface area contributed by atoms with E-state index in [0.29, 0.717) is 39.7 Å². The summed E-state index contributed by atoms with van der Waals surface area (Å²) in [6, 6.07) is 6.98. The van der Waals surface area contributed by atoms with Gasteiger partial charge >= 0.3 is 0 Å². The molecule has 152 valence electrons. The van der Waals surface area contributed by atoms with Crippen LogP contribution >= 0.6 is 23.4 Å². The molecule has 1 amide bonds. The highest BCUT2D eigenvalue weighted by molar-refractivity contribution is 7.99. The van der Waals surface area contributed by atoms with Gasteiger partial charge in [0.15, 0.2) is 11.0 Å². The third-order valence-corrected chi connectivity index (χ3v) is 5.30. The van der Waals surface area contributed by atoms with Gasteiger partial charge in [-0.05, 0) is 19.1 Å². The van der Waals surface area contributed by atoms with Gasteiger partial charge in [0.1, 0.15) is 11.5 Å². The smallest absolute Gasteiger partial charge is 0.234 e. The zero-order chi connectivity index (χ0) is 20.8. The van der Waals surface area contributed by atoms with Crippen molar-refractivity contribution in [3.63, 3.8) is 0 Å². The van der Waals surface area contributed by atoms with Crippen LogP contribution in [0.15, 0.2) is 41.8 Å². The molecule has 0 bridgehead atoms. The molecule has 3 rings (SSSR count). The number of carbonyl (C=O) groups excluding carboxylic acids is 1. The Balaban J connectivity index is 1.71. The summed E-state index contributed by atoms with van der Waals surface area (Å²) in [5.74, 6) is 1.55. The minimum Gasteiger partial charge on any atom is -0.495 e. The van der Waals surface area contributed by atoms with Gasteiger partial charge in [0.2, 0.25) is 5.91 Å². The molecule has 3 aromatic rings. The van der Waals surface area contributed by atoms with Crippen LogP contribution in [-0.4, -0.2) is 45.6 Å². The van der Waals surface area contributed by atoms with Crippen molar-refractivity contribution in [2.75, 3.05) is 25.3 Å². The Morgan fingerprint density at radius 2 is 2.03 bits per heavy atom. The first-order valence-corrected chi connectivity index (χ1v) is 10.1. The summed E-state index contributed by atoms with van der Waals surface area (Å²) in [4.78, 5) is 16.6. The maximum absolute atomic E-state index is 12.5. The van der Waals surface area contributed by atoms with Crippen LogP contribution in [-0.2, 0) is 11.3 Å². The van der Waals surface area contributed by atoms with Crippen molar-refractivity contribution in [3.05, 3.63) is 41.7 Å². The molecule has 0 radical (unpaired) electrons. The molecule has 0 spiro atoms. The fraction of sp³-hybridized carbons (Fsp3) is 0.263. The first-order chi connectivity index (χ1) is 14.1. The number of anilines is 1. The number of ether oxygens (including phenoxy) is 2. The van der Waals surface area contributed by atoms with Gasteiger partial charge in [-0.15, -0.1) is 10.2 Å². The quantitative estimate of drug-likeness (QED) is 0.540. The third kappa shape index (κ3) is 4.80. The van der Waals surface area contributed by atoms with E-state index in [1.807, 2.05) is 23.6 Å². The SMILES string of the molecule is CCn1c(SCC(=O)Nc2cc(OC)c(Cl)cc2OC)nnc1-c1cccnc1. The van der Waals surface area contributed by atoms with Crippen LogP contribution in [0.3, 0.4) is 0 Å². The number of halogens is 1. The van der Waals surface area contributed by atoms with Crippen molar-refractivity contribution in [1.29, 1.82) is 0 Å². The van der Waals surface area contributed by atoms with E-state index >= 15 is 0 Å². The van der Waals surface area contributed by atoms with Crippen LogP contribution in [0.4, 0.5) is 5.69 Å². The fourth-order valence-corrected chi connectivity index (χ4v) is 3.70. The van der Waals surface area contributed by atoms with Gasteiger partial charge in [0, 0.05) is 36.6 Å². The van der Waals surface area contributed by atoms with E-state index in [1.54, 1.807) is 24.5 Å². The van der Waals surface area contributed by atoms with Gasteiger partial charge in [-0.25, -0.2) is 0 Å². The Hall–Kier alpha value is -2.78. The van der Waals surface area contributed by atoms with E-state index in [-0.39, 0.29) is 11.7 Å². The van der Waals surface area contributed by atoms with Crippen molar-refractivity contribution < 1.29 is 14.3 Å². The molecular formula is C19H20ClN5O3S. The lowest BCUT2D eigenvalue weighted by Crippen LogP contribution is -2.15. The number of rotatable bonds is 8. The topological polar surface area (TPSA) is 91.2 Å². The van der Waals surface area contributed by atoms with Gasteiger partial charge in [-0.1, -0.05) is 23.4 Å². The van der Waals surface area contributed by atoms with Crippen LogP contribution in [0.1, 0.15) is 6.92 Å². The number of aromatic nitrogens is 4. The second kappa shape index (κ2) is 9.62. The molecule has 2 aromatic heterocycles. The average molecular weight is 434 g/mol. The number of nitrogens with zero attached hydrogens (tertiary/aromatic N) is 4. The number of thioether (sulfide) groups is 1. The number of nitrogens with one attached hydrogen (secondary N) is 1. The fourth-order valence-electron chi connectivity index (χ4n) is 2.66. The van der Waals surface area contributed by atoms with Crippen LogP contribution in [0.2, 0.25) is 5.02 Å². The number of carbonyl (C=O) groups is 1. The molecule has 0 saturated heterocycles. The molecule has 29 heavy (non-hydrogen) atoms. The predicted octanol–water partition coefficient (Wildman–Crippen LogP) is 3.76. The first kappa shape index (κ1) is 20.9. The summed E-state index contributed by atoms with van der Waals surface area (Å²) in [5, 5.41) is 12.3. The van der Waals surface area contributed by atoms with E-state index in [2.05, 4.69) is 20.5 Å². The Labute approximate surface area is 177 Å². The monoisotopic (exact) mass is 433 g/mol. The highest BCUT2D eigenvalue weighted by atomic mass is 35.5. The van der Waals surface area contributed by atoms with E-state index in [9.17, 15) is 4.79 Å². The van der Waals surface area contributed by atoms with Gasteiger partial charge in [-0.3, -0.25) is 9.78 Å². The molecule has 0 fully saturated rings. The molecule has 2 heterocycles. The zero-order valence-corrected chi connectivity index (χ0v) is 17.8. The number of hydrogen-bond acceptors (Lipinski definition) is 7. The van der Waals surface area contributed by atoms with Crippen molar-refractivity contribution in [2.24, 2.45) is 0 Å². The number of benzene rings is 1. The van der Waals surface area contributed by atoms with E-state index < -0.39 is 0 Å².